The summed E-state index contributed by atoms with van der Waals surface area (Å²) in [5, 5.41) is 0. The molecule has 0 unspecified atom stereocenters. The maximum Gasteiger partial charge on any atom is 0.303 e. The number of hydrogen-bond donors (Lipinski definition) is 0. The Hall–Kier alpha value is -1.01. The van der Waals surface area contributed by atoms with Crippen LogP contribution in [0.1, 0.15) is 45.4 Å². The summed E-state index contributed by atoms with van der Waals surface area (Å²) in [5.41, 5.74) is 2.35. The van der Waals surface area contributed by atoms with E-state index in [0.29, 0.717) is 0 Å². The van der Waals surface area contributed by atoms with Gasteiger partial charge in [0.2, 0.25) is 0 Å². The molecule has 1 rings (SSSR count). The Morgan fingerprint density at radius 3 is 2.36 bits per heavy atom. The molecule has 0 aromatic carbocycles. The SMILES string of the molecule is C=C=CC1(OC(C)=O)CCCCCC1. The lowest BCUT2D eigenvalue weighted by atomic mass is 9.94. The molecule has 1 fully saturated rings. The molecule has 0 spiro atoms. The van der Waals surface area contributed by atoms with Crippen molar-refractivity contribution in [3.05, 3.63) is 18.4 Å². The Kier molecular flexibility index (Phi) is 3.97. The van der Waals surface area contributed by atoms with Gasteiger partial charge in [-0.2, -0.15) is 0 Å². The first kappa shape index (κ1) is 11.1. The van der Waals surface area contributed by atoms with Gasteiger partial charge in [-0.3, -0.25) is 4.79 Å². The van der Waals surface area contributed by atoms with Gasteiger partial charge in [-0.1, -0.05) is 19.4 Å². The van der Waals surface area contributed by atoms with Crippen molar-refractivity contribution in [2.45, 2.75) is 51.0 Å². The summed E-state index contributed by atoms with van der Waals surface area (Å²) in [7, 11) is 0. The fraction of sp³-hybridized carbons (Fsp3) is 0.667. The van der Waals surface area contributed by atoms with Gasteiger partial charge in [-0.15, -0.1) is 5.73 Å². The minimum atomic E-state index is -0.413. The fourth-order valence-electron chi connectivity index (χ4n) is 2.08. The Labute approximate surface area is 85.6 Å². The summed E-state index contributed by atoms with van der Waals surface area (Å²) in [6.45, 7) is 5.03. The molecular weight excluding hydrogens is 176 g/mol. The van der Waals surface area contributed by atoms with Crippen LogP contribution in [-0.2, 0) is 9.53 Å². The third-order valence-corrected chi connectivity index (χ3v) is 2.66. The summed E-state index contributed by atoms with van der Waals surface area (Å²) in [6, 6.07) is 0. The molecule has 0 amide bonds. The highest BCUT2D eigenvalue weighted by Gasteiger charge is 2.31. The normalized spacial score (nSPS) is 20.4. The number of ether oxygens (including phenoxy) is 1. The van der Waals surface area contributed by atoms with Crippen LogP contribution >= 0.6 is 0 Å². The van der Waals surface area contributed by atoms with Crippen molar-refractivity contribution >= 4 is 5.97 Å². The van der Waals surface area contributed by atoms with Crippen molar-refractivity contribution < 1.29 is 9.53 Å². The molecule has 0 saturated heterocycles. The minimum Gasteiger partial charge on any atom is -0.454 e. The van der Waals surface area contributed by atoms with Crippen LogP contribution in [0.3, 0.4) is 0 Å². The summed E-state index contributed by atoms with van der Waals surface area (Å²) < 4.78 is 5.40. The zero-order valence-corrected chi connectivity index (χ0v) is 8.84. The highest BCUT2D eigenvalue weighted by Crippen LogP contribution is 2.31. The van der Waals surface area contributed by atoms with Gasteiger partial charge in [-0.05, 0) is 25.7 Å². The Balaban J connectivity index is 2.76. The van der Waals surface area contributed by atoms with E-state index in [1.165, 1.54) is 19.8 Å². The predicted molar refractivity (Wildman–Crippen MR) is 55.9 cm³/mol. The average molecular weight is 194 g/mol. The van der Waals surface area contributed by atoms with E-state index in [0.717, 1.165) is 25.7 Å². The first-order valence-electron chi connectivity index (χ1n) is 5.25. The first-order valence-corrected chi connectivity index (χ1v) is 5.25. The Morgan fingerprint density at radius 1 is 1.36 bits per heavy atom. The second-order valence-corrected chi connectivity index (χ2v) is 3.92. The van der Waals surface area contributed by atoms with E-state index in [1.54, 1.807) is 0 Å². The van der Waals surface area contributed by atoms with Crippen LogP contribution in [0.25, 0.3) is 0 Å². The molecule has 14 heavy (non-hydrogen) atoms. The standard InChI is InChI=1S/C12H18O2/c1-3-8-12(14-11(2)13)9-6-4-5-7-10-12/h8H,1,4-7,9-10H2,2H3. The molecule has 0 atom stereocenters. The van der Waals surface area contributed by atoms with Gasteiger partial charge in [0.1, 0.15) is 5.60 Å². The molecule has 0 aliphatic heterocycles. The highest BCUT2D eigenvalue weighted by atomic mass is 16.6. The smallest absolute Gasteiger partial charge is 0.303 e. The summed E-state index contributed by atoms with van der Waals surface area (Å²) in [5.74, 6) is -0.210. The lowest BCUT2D eigenvalue weighted by Crippen LogP contribution is -2.31. The molecule has 0 radical (unpaired) electrons. The van der Waals surface area contributed by atoms with Crippen LogP contribution in [0.5, 0.6) is 0 Å². The Morgan fingerprint density at radius 2 is 1.93 bits per heavy atom. The van der Waals surface area contributed by atoms with E-state index in [2.05, 4.69) is 12.3 Å². The van der Waals surface area contributed by atoms with Crippen molar-refractivity contribution in [2.24, 2.45) is 0 Å². The predicted octanol–water partition coefficient (Wildman–Crippen LogP) is 2.98. The van der Waals surface area contributed by atoms with Crippen molar-refractivity contribution in [3.63, 3.8) is 0 Å². The number of carbonyl (C=O) groups is 1. The minimum absolute atomic E-state index is 0.210. The molecule has 0 N–H and O–H groups in total. The fourth-order valence-corrected chi connectivity index (χ4v) is 2.08. The van der Waals surface area contributed by atoms with Crippen molar-refractivity contribution in [2.75, 3.05) is 0 Å². The van der Waals surface area contributed by atoms with Crippen LogP contribution in [0.4, 0.5) is 0 Å². The molecule has 2 heteroatoms. The summed E-state index contributed by atoms with van der Waals surface area (Å²) in [4.78, 5) is 11.0. The van der Waals surface area contributed by atoms with Crippen LogP contribution in [-0.4, -0.2) is 11.6 Å². The molecular formula is C12H18O2. The van der Waals surface area contributed by atoms with Gasteiger partial charge in [0.25, 0.3) is 0 Å². The molecule has 0 aromatic rings. The number of esters is 1. The van der Waals surface area contributed by atoms with E-state index < -0.39 is 5.60 Å². The molecule has 78 valence electrons. The molecule has 1 saturated carbocycles. The van der Waals surface area contributed by atoms with Gasteiger partial charge in [-0.25, -0.2) is 0 Å². The van der Waals surface area contributed by atoms with Crippen molar-refractivity contribution in [1.29, 1.82) is 0 Å². The van der Waals surface area contributed by atoms with Crippen LogP contribution in [0, 0.1) is 0 Å². The monoisotopic (exact) mass is 194 g/mol. The zero-order valence-electron chi connectivity index (χ0n) is 8.84. The van der Waals surface area contributed by atoms with Crippen LogP contribution < -0.4 is 0 Å². The third-order valence-electron chi connectivity index (χ3n) is 2.66. The van der Waals surface area contributed by atoms with Crippen molar-refractivity contribution in [1.82, 2.24) is 0 Å². The van der Waals surface area contributed by atoms with Gasteiger partial charge in [0.15, 0.2) is 0 Å². The van der Waals surface area contributed by atoms with Gasteiger partial charge in [0, 0.05) is 13.0 Å². The molecule has 0 bridgehead atoms. The Bertz CT molecular complexity index is 241. The van der Waals surface area contributed by atoms with E-state index in [9.17, 15) is 4.79 Å². The molecule has 0 aromatic heterocycles. The van der Waals surface area contributed by atoms with Gasteiger partial charge in [0.05, 0.1) is 0 Å². The van der Waals surface area contributed by atoms with E-state index in [1.807, 2.05) is 6.08 Å². The molecule has 1 aliphatic rings. The summed E-state index contributed by atoms with van der Waals surface area (Å²) in [6.07, 6.45) is 8.34. The quantitative estimate of drug-likeness (QED) is 0.384. The maximum atomic E-state index is 11.0. The van der Waals surface area contributed by atoms with Gasteiger partial charge >= 0.3 is 5.97 Å². The van der Waals surface area contributed by atoms with Crippen LogP contribution in [0.15, 0.2) is 18.4 Å². The third kappa shape index (κ3) is 3.04. The maximum absolute atomic E-state index is 11.0. The zero-order chi connectivity index (χ0) is 10.4. The average Bonchev–Trinajstić information content (AvgIpc) is 2.30. The van der Waals surface area contributed by atoms with Gasteiger partial charge < -0.3 is 4.74 Å². The second-order valence-electron chi connectivity index (χ2n) is 3.92. The summed E-state index contributed by atoms with van der Waals surface area (Å²) >= 11 is 0. The molecule has 0 heterocycles. The lowest BCUT2D eigenvalue weighted by Gasteiger charge is -2.27. The number of hydrogen-bond acceptors (Lipinski definition) is 2. The largest absolute Gasteiger partial charge is 0.454 e. The molecule has 2 nitrogen and oxygen atoms in total. The molecule has 1 aliphatic carbocycles. The highest BCUT2D eigenvalue weighted by molar-refractivity contribution is 5.66. The van der Waals surface area contributed by atoms with E-state index >= 15 is 0 Å². The van der Waals surface area contributed by atoms with Crippen LogP contribution in [0.2, 0.25) is 0 Å². The second kappa shape index (κ2) is 5.02. The number of carbonyl (C=O) groups excluding carboxylic acids is 1. The first-order chi connectivity index (χ1) is 6.68. The van der Waals surface area contributed by atoms with E-state index in [4.69, 9.17) is 4.74 Å². The van der Waals surface area contributed by atoms with Crippen molar-refractivity contribution in [3.8, 4) is 0 Å². The lowest BCUT2D eigenvalue weighted by molar-refractivity contribution is -0.153. The topological polar surface area (TPSA) is 26.3 Å². The number of rotatable bonds is 2. The van der Waals surface area contributed by atoms with E-state index in [-0.39, 0.29) is 5.97 Å².